The number of nitrogens with zero attached hydrogens (tertiary/aromatic N) is 2. The van der Waals surface area contributed by atoms with Gasteiger partial charge in [0, 0.05) is 16.8 Å². The lowest BCUT2D eigenvalue weighted by Gasteiger charge is -2.09. The van der Waals surface area contributed by atoms with Crippen molar-refractivity contribution >= 4 is 17.4 Å². The van der Waals surface area contributed by atoms with Crippen molar-refractivity contribution in [2.45, 2.75) is 13.2 Å². The molecule has 0 saturated carbocycles. The van der Waals surface area contributed by atoms with Crippen molar-refractivity contribution in [2.75, 3.05) is 11.1 Å². The number of halogens is 1. The maximum Gasteiger partial charge on any atom is 0.255 e. The van der Waals surface area contributed by atoms with Crippen LogP contribution < -0.4 is 11.1 Å². The Bertz CT molecular complexity index is 1010. The van der Waals surface area contributed by atoms with E-state index in [1.54, 1.807) is 12.1 Å². The molecule has 0 aliphatic carbocycles. The second-order valence-corrected chi connectivity index (χ2v) is 5.99. The molecule has 2 heterocycles. The van der Waals surface area contributed by atoms with E-state index in [1.807, 2.05) is 12.1 Å². The van der Waals surface area contributed by atoms with E-state index in [0.717, 1.165) is 11.1 Å². The number of rotatable bonds is 3. The summed E-state index contributed by atoms with van der Waals surface area (Å²) in [6.07, 6.45) is 2.86. The largest absolute Gasteiger partial charge is 0.382 e. The highest BCUT2D eigenvalue weighted by Crippen LogP contribution is 2.24. The van der Waals surface area contributed by atoms with Gasteiger partial charge in [-0.1, -0.05) is 6.07 Å². The molecule has 7 heteroatoms. The van der Waals surface area contributed by atoms with Crippen LogP contribution in [0.2, 0.25) is 0 Å². The fourth-order valence-corrected chi connectivity index (χ4v) is 2.84. The van der Waals surface area contributed by atoms with Gasteiger partial charge in [0.25, 0.3) is 5.91 Å². The first-order valence-corrected chi connectivity index (χ1v) is 7.98. The van der Waals surface area contributed by atoms with Gasteiger partial charge in [-0.15, -0.1) is 0 Å². The number of nitrogens with one attached hydrogen (secondary N) is 1. The summed E-state index contributed by atoms with van der Waals surface area (Å²) in [7, 11) is 0. The molecule has 0 atom stereocenters. The van der Waals surface area contributed by atoms with Crippen molar-refractivity contribution in [3.63, 3.8) is 0 Å². The first kappa shape index (κ1) is 16.2. The van der Waals surface area contributed by atoms with Gasteiger partial charge in [-0.2, -0.15) is 0 Å². The average molecular weight is 350 g/mol. The van der Waals surface area contributed by atoms with Crippen molar-refractivity contribution in [3.8, 4) is 11.3 Å². The number of carbonyl (C=O) groups excluding carboxylic acids is 1. The van der Waals surface area contributed by atoms with Crippen LogP contribution in [0.1, 0.15) is 21.5 Å². The van der Waals surface area contributed by atoms with Crippen LogP contribution in [0.4, 0.5) is 15.9 Å². The zero-order chi connectivity index (χ0) is 18.1. The zero-order valence-electron chi connectivity index (χ0n) is 13.7. The Morgan fingerprint density at radius 1 is 1.12 bits per heavy atom. The van der Waals surface area contributed by atoms with E-state index in [1.165, 1.54) is 24.5 Å². The number of hydrogen-bond acceptors (Lipinski definition) is 5. The molecule has 0 saturated heterocycles. The normalized spacial score (nSPS) is 12.7. The molecular formula is C19H15FN4O2. The molecule has 3 N–H and O–H groups in total. The number of ether oxygens (including phenoxy) is 1. The second kappa shape index (κ2) is 6.53. The third-order valence-electron chi connectivity index (χ3n) is 4.09. The van der Waals surface area contributed by atoms with Crippen molar-refractivity contribution in [1.29, 1.82) is 0 Å². The van der Waals surface area contributed by atoms with Crippen molar-refractivity contribution < 1.29 is 13.9 Å². The molecule has 0 spiro atoms. The lowest BCUT2D eigenvalue weighted by atomic mass is 10.1. The molecule has 6 nitrogen and oxygen atoms in total. The van der Waals surface area contributed by atoms with E-state index in [-0.39, 0.29) is 11.4 Å². The van der Waals surface area contributed by atoms with Crippen LogP contribution in [-0.4, -0.2) is 15.9 Å². The minimum absolute atomic E-state index is 0.181. The number of amides is 1. The Morgan fingerprint density at radius 2 is 1.96 bits per heavy atom. The Hall–Kier alpha value is -3.32. The van der Waals surface area contributed by atoms with Gasteiger partial charge in [0.05, 0.1) is 31.3 Å². The van der Waals surface area contributed by atoms with Crippen LogP contribution >= 0.6 is 0 Å². The standard InChI is InChI=1S/C19H15FN4O2/c20-15-4-12(17-7-22-8-18(21)24-17)3-13(5-15)19(25)23-16-2-1-11-9-26-10-14(11)6-16/h1-8H,9-10H2,(H2,21,24)(H,23,25). The number of aromatic nitrogens is 2. The van der Waals surface area contributed by atoms with Gasteiger partial charge in [0.2, 0.25) is 0 Å². The summed E-state index contributed by atoms with van der Waals surface area (Å²) < 4.78 is 19.4. The Kier molecular flexibility index (Phi) is 4.06. The minimum atomic E-state index is -0.542. The van der Waals surface area contributed by atoms with Crippen molar-refractivity contribution in [3.05, 3.63) is 71.3 Å². The molecule has 0 unspecified atom stereocenters. The van der Waals surface area contributed by atoms with Crippen molar-refractivity contribution in [1.82, 2.24) is 9.97 Å². The summed E-state index contributed by atoms with van der Waals surface area (Å²) in [5, 5.41) is 2.78. The summed E-state index contributed by atoms with van der Waals surface area (Å²) in [6.45, 7) is 1.11. The van der Waals surface area contributed by atoms with Crippen LogP contribution in [-0.2, 0) is 18.0 Å². The van der Waals surface area contributed by atoms with Crippen LogP contribution in [0.3, 0.4) is 0 Å². The average Bonchev–Trinajstić information content (AvgIpc) is 3.09. The second-order valence-electron chi connectivity index (χ2n) is 5.99. The maximum atomic E-state index is 14.0. The number of anilines is 2. The van der Waals surface area contributed by atoms with E-state index in [0.29, 0.717) is 30.2 Å². The summed E-state index contributed by atoms with van der Waals surface area (Å²) in [4.78, 5) is 20.6. The zero-order valence-corrected chi connectivity index (χ0v) is 13.7. The number of fused-ring (bicyclic) bond motifs is 1. The van der Waals surface area contributed by atoms with Gasteiger partial charge < -0.3 is 15.8 Å². The van der Waals surface area contributed by atoms with Gasteiger partial charge in [0.15, 0.2) is 0 Å². The molecule has 3 aromatic rings. The predicted octanol–water partition coefficient (Wildman–Crippen LogP) is 3.15. The predicted molar refractivity (Wildman–Crippen MR) is 94.7 cm³/mol. The molecule has 0 bridgehead atoms. The number of benzene rings is 2. The molecule has 130 valence electrons. The summed E-state index contributed by atoms with van der Waals surface area (Å²) >= 11 is 0. The molecule has 1 amide bonds. The number of carbonyl (C=O) groups is 1. The van der Waals surface area contributed by atoms with Gasteiger partial charge in [0.1, 0.15) is 11.6 Å². The summed E-state index contributed by atoms with van der Waals surface area (Å²) in [5.74, 6) is -0.737. The number of nitrogens with two attached hydrogens (primary N) is 1. The lowest BCUT2D eigenvalue weighted by Crippen LogP contribution is -2.12. The molecule has 2 aromatic carbocycles. The first-order chi connectivity index (χ1) is 12.6. The minimum Gasteiger partial charge on any atom is -0.382 e. The van der Waals surface area contributed by atoms with Crippen LogP contribution in [0.25, 0.3) is 11.3 Å². The SMILES string of the molecule is Nc1cncc(-c2cc(F)cc(C(=O)Nc3ccc4c(c3)COC4)c2)n1. The van der Waals surface area contributed by atoms with E-state index < -0.39 is 11.7 Å². The first-order valence-electron chi connectivity index (χ1n) is 7.98. The van der Waals surface area contributed by atoms with Gasteiger partial charge in [-0.05, 0) is 41.5 Å². The maximum absolute atomic E-state index is 14.0. The van der Waals surface area contributed by atoms with Crippen LogP contribution in [0, 0.1) is 5.82 Å². The molecule has 1 aliphatic rings. The van der Waals surface area contributed by atoms with Crippen LogP contribution in [0.5, 0.6) is 0 Å². The quantitative estimate of drug-likeness (QED) is 0.757. The van der Waals surface area contributed by atoms with E-state index in [2.05, 4.69) is 15.3 Å². The number of hydrogen-bond donors (Lipinski definition) is 2. The van der Waals surface area contributed by atoms with Crippen LogP contribution in [0.15, 0.2) is 48.8 Å². The molecule has 1 aromatic heterocycles. The van der Waals surface area contributed by atoms with E-state index in [9.17, 15) is 9.18 Å². The van der Waals surface area contributed by atoms with E-state index >= 15 is 0 Å². The number of nitrogen functional groups attached to an aromatic ring is 1. The van der Waals surface area contributed by atoms with Gasteiger partial charge in [-0.25, -0.2) is 9.37 Å². The molecular weight excluding hydrogens is 335 g/mol. The fraction of sp³-hybridized carbons (Fsp3) is 0.105. The fourth-order valence-electron chi connectivity index (χ4n) is 2.84. The summed E-state index contributed by atoms with van der Waals surface area (Å²) in [6, 6.07) is 9.59. The highest BCUT2D eigenvalue weighted by atomic mass is 19.1. The Balaban J connectivity index is 1.62. The van der Waals surface area contributed by atoms with Gasteiger partial charge in [-0.3, -0.25) is 9.78 Å². The van der Waals surface area contributed by atoms with Crippen molar-refractivity contribution in [2.24, 2.45) is 0 Å². The topological polar surface area (TPSA) is 90.1 Å². The highest BCUT2D eigenvalue weighted by molar-refractivity contribution is 6.05. The monoisotopic (exact) mass is 350 g/mol. The summed E-state index contributed by atoms with van der Waals surface area (Å²) in [5.41, 5.74) is 9.41. The van der Waals surface area contributed by atoms with E-state index in [4.69, 9.17) is 10.5 Å². The lowest BCUT2D eigenvalue weighted by molar-refractivity contribution is 0.102. The third kappa shape index (κ3) is 3.25. The molecule has 4 rings (SSSR count). The third-order valence-corrected chi connectivity index (χ3v) is 4.09. The molecule has 0 fully saturated rings. The Labute approximate surface area is 148 Å². The highest BCUT2D eigenvalue weighted by Gasteiger charge is 2.14. The smallest absolute Gasteiger partial charge is 0.255 e. The Morgan fingerprint density at radius 3 is 2.81 bits per heavy atom. The molecule has 0 radical (unpaired) electrons. The molecule has 26 heavy (non-hydrogen) atoms. The molecule has 1 aliphatic heterocycles. The van der Waals surface area contributed by atoms with Gasteiger partial charge >= 0.3 is 0 Å².